The molecule has 1 aliphatic rings. The lowest BCUT2D eigenvalue weighted by atomic mass is 9.81. The maximum absolute atomic E-state index is 10.7. The fourth-order valence-electron chi connectivity index (χ4n) is 0.985. The van der Waals surface area contributed by atoms with E-state index in [-0.39, 0.29) is 11.7 Å². The molecule has 1 saturated carbocycles. The zero-order chi connectivity index (χ0) is 7.07. The number of carbonyl (C=O) groups is 1. The molecule has 0 spiro atoms. The first kappa shape index (κ1) is 7.36. The molecule has 0 heterocycles. The van der Waals surface area contributed by atoms with Gasteiger partial charge in [-0.3, -0.25) is 4.79 Å². The quantitative estimate of drug-likeness (QED) is 0.547. The largest absolute Gasteiger partial charge is 0.296 e. The Morgan fingerprint density at radius 3 is 2.44 bits per heavy atom. The highest BCUT2D eigenvalue weighted by atomic mass is 35.5. The van der Waals surface area contributed by atoms with E-state index in [1.165, 1.54) is 0 Å². The first-order valence-electron chi connectivity index (χ1n) is 3.00. The molecule has 1 rings (SSSR count). The minimum atomic E-state index is -1.05. The van der Waals surface area contributed by atoms with Crippen LogP contribution in [-0.2, 0) is 4.79 Å². The summed E-state index contributed by atoms with van der Waals surface area (Å²) < 4.78 is -1.05. The van der Waals surface area contributed by atoms with Gasteiger partial charge in [0.05, 0.1) is 0 Å². The molecule has 0 unspecified atom stereocenters. The van der Waals surface area contributed by atoms with Crippen molar-refractivity contribution in [2.75, 3.05) is 0 Å². The van der Waals surface area contributed by atoms with Crippen molar-refractivity contribution in [1.82, 2.24) is 0 Å². The standard InChI is InChI=1S/C6H8Cl2O/c1-2-4-3-5(9)6(4,7)8/h4H,2-3H2,1H3/t4-/m0/s1. The monoisotopic (exact) mass is 166 g/mol. The topological polar surface area (TPSA) is 17.1 Å². The number of halogens is 2. The van der Waals surface area contributed by atoms with Crippen LogP contribution in [-0.4, -0.2) is 10.1 Å². The second-order valence-corrected chi connectivity index (χ2v) is 3.74. The van der Waals surface area contributed by atoms with Crippen molar-refractivity contribution in [3.05, 3.63) is 0 Å². The second-order valence-electron chi connectivity index (χ2n) is 2.36. The highest BCUT2D eigenvalue weighted by Crippen LogP contribution is 2.45. The van der Waals surface area contributed by atoms with Gasteiger partial charge in [-0.15, -0.1) is 0 Å². The van der Waals surface area contributed by atoms with Crippen LogP contribution in [0, 0.1) is 5.92 Å². The second kappa shape index (κ2) is 2.14. The molecule has 1 aliphatic carbocycles. The first-order valence-corrected chi connectivity index (χ1v) is 3.75. The Morgan fingerprint density at radius 1 is 1.78 bits per heavy atom. The Labute approximate surface area is 64.3 Å². The van der Waals surface area contributed by atoms with Crippen molar-refractivity contribution in [3.8, 4) is 0 Å². The maximum atomic E-state index is 10.7. The zero-order valence-corrected chi connectivity index (χ0v) is 6.67. The smallest absolute Gasteiger partial charge is 0.179 e. The average Bonchev–Trinajstić information content (AvgIpc) is 1.82. The SMILES string of the molecule is CC[C@H]1CC(=O)C1(Cl)Cl. The lowest BCUT2D eigenvalue weighted by Crippen LogP contribution is -2.47. The molecule has 3 heteroatoms. The normalized spacial score (nSPS) is 31.9. The van der Waals surface area contributed by atoms with E-state index in [1.807, 2.05) is 6.92 Å². The van der Waals surface area contributed by atoms with Gasteiger partial charge in [-0.25, -0.2) is 0 Å². The van der Waals surface area contributed by atoms with Gasteiger partial charge in [-0.2, -0.15) is 0 Å². The van der Waals surface area contributed by atoms with Crippen molar-refractivity contribution in [2.24, 2.45) is 5.92 Å². The van der Waals surface area contributed by atoms with Crippen LogP contribution in [0.25, 0.3) is 0 Å². The highest BCUT2D eigenvalue weighted by molar-refractivity contribution is 6.60. The van der Waals surface area contributed by atoms with Gasteiger partial charge >= 0.3 is 0 Å². The van der Waals surface area contributed by atoms with E-state index in [2.05, 4.69) is 0 Å². The molecule has 0 aromatic rings. The number of hydrogen-bond donors (Lipinski definition) is 0. The Hall–Kier alpha value is 0.250. The number of rotatable bonds is 1. The molecular weight excluding hydrogens is 159 g/mol. The third kappa shape index (κ3) is 0.968. The van der Waals surface area contributed by atoms with Gasteiger partial charge in [-0.05, 0) is 6.42 Å². The van der Waals surface area contributed by atoms with Gasteiger partial charge in [0.25, 0.3) is 0 Å². The molecule has 9 heavy (non-hydrogen) atoms. The summed E-state index contributed by atoms with van der Waals surface area (Å²) in [6.45, 7) is 1.98. The predicted octanol–water partition coefficient (Wildman–Crippen LogP) is 2.16. The minimum absolute atomic E-state index is 0.0299. The van der Waals surface area contributed by atoms with Gasteiger partial charge < -0.3 is 0 Å². The molecule has 1 nitrogen and oxygen atoms in total. The van der Waals surface area contributed by atoms with E-state index in [0.29, 0.717) is 6.42 Å². The van der Waals surface area contributed by atoms with E-state index in [0.717, 1.165) is 6.42 Å². The predicted molar refractivity (Wildman–Crippen MR) is 37.8 cm³/mol. The first-order chi connectivity index (χ1) is 4.09. The molecule has 52 valence electrons. The van der Waals surface area contributed by atoms with E-state index in [9.17, 15) is 4.79 Å². The zero-order valence-electron chi connectivity index (χ0n) is 5.16. The van der Waals surface area contributed by atoms with Crippen LogP contribution in [0.5, 0.6) is 0 Å². The fraction of sp³-hybridized carbons (Fsp3) is 0.833. The molecule has 0 amide bonds. The average molecular weight is 167 g/mol. The van der Waals surface area contributed by atoms with Crippen molar-refractivity contribution in [2.45, 2.75) is 24.1 Å². The van der Waals surface area contributed by atoms with Crippen LogP contribution in [0.4, 0.5) is 0 Å². The number of ketones is 1. The Balaban J connectivity index is 2.58. The molecule has 0 bridgehead atoms. The highest BCUT2D eigenvalue weighted by Gasteiger charge is 2.51. The lowest BCUT2D eigenvalue weighted by Gasteiger charge is -2.36. The Morgan fingerprint density at radius 2 is 2.33 bits per heavy atom. The number of carbonyl (C=O) groups excluding carboxylic acids is 1. The fourth-order valence-corrected chi connectivity index (χ4v) is 1.60. The molecule has 0 aromatic heterocycles. The number of alkyl halides is 2. The third-order valence-corrected chi connectivity index (χ3v) is 2.85. The van der Waals surface area contributed by atoms with Gasteiger partial charge in [0.2, 0.25) is 0 Å². The summed E-state index contributed by atoms with van der Waals surface area (Å²) in [4.78, 5) is 10.7. The molecule has 0 saturated heterocycles. The van der Waals surface area contributed by atoms with Crippen LogP contribution in [0.2, 0.25) is 0 Å². The lowest BCUT2D eigenvalue weighted by molar-refractivity contribution is -0.128. The molecule has 0 aromatic carbocycles. The number of hydrogen-bond acceptors (Lipinski definition) is 1. The molecular formula is C6H8Cl2O. The van der Waals surface area contributed by atoms with Crippen LogP contribution in [0.1, 0.15) is 19.8 Å². The van der Waals surface area contributed by atoms with Gasteiger partial charge in [0.1, 0.15) is 0 Å². The van der Waals surface area contributed by atoms with Crippen molar-refractivity contribution < 1.29 is 4.79 Å². The molecule has 0 N–H and O–H groups in total. The third-order valence-electron chi connectivity index (χ3n) is 1.81. The van der Waals surface area contributed by atoms with Crippen molar-refractivity contribution in [3.63, 3.8) is 0 Å². The molecule has 1 atom stereocenters. The minimum Gasteiger partial charge on any atom is -0.296 e. The van der Waals surface area contributed by atoms with Crippen LogP contribution >= 0.6 is 23.2 Å². The summed E-state index contributed by atoms with van der Waals surface area (Å²) >= 11 is 11.3. The van der Waals surface area contributed by atoms with E-state index < -0.39 is 4.33 Å². The summed E-state index contributed by atoms with van der Waals surface area (Å²) in [6.07, 6.45) is 1.45. The summed E-state index contributed by atoms with van der Waals surface area (Å²) in [7, 11) is 0. The van der Waals surface area contributed by atoms with Crippen LogP contribution < -0.4 is 0 Å². The van der Waals surface area contributed by atoms with Gasteiger partial charge in [0, 0.05) is 12.3 Å². The van der Waals surface area contributed by atoms with Crippen LogP contribution in [0.3, 0.4) is 0 Å². The van der Waals surface area contributed by atoms with Crippen molar-refractivity contribution in [1.29, 1.82) is 0 Å². The van der Waals surface area contributed by atoms with E-state index in [1.54, 1.807) is 0 Å². The molecule has 0 radical (unpaired) electrons. The van der Waals surface area contributed by atoms with Gasteiger partial charge in [-0.1, -0.05) is 30.1 Å². The van der Waals surface area contributed by atoms with Crippen molar-refractivity contribution >= 4 is 29.0 Å². The Bertz CT molecular complexity index is 142. The van der Waals surface area contributed by atoms with E-state index in [4.69, 9.17) is 23.2 Å². The molecule has 1 fully saturated rings. The Kier molecular flexibility index (Phi) is 1.75. The summed E-state index contributed by atoms with van der Waals surface area (Å²) in [5.41, 5.74) is 0. The summed E-state index contributed by atoms with van der Waals surface area (Å²) in [6, 6.07) is 0. The number of Topliss-reactive ketones (excluding diaryl/α,β-unsaturated/α-hetero) is 1. The summed E-state index contributed by atoms with van der Waals surface area (Å²) in [5, 5.41) is 0. The van der Waals surface area contributed by atoms with Crippen LogP contribution in [0.15, 0.2) is 0 Å². The summed E-state index contributed by atoms with van der Waals surface area (Å²) in [5.74, 6) is 0.158. The maximum Gasteiger partial charge on any atom is 0.179 e. The van der Waals surface area contributed by atoms with Gasteiger partial charge in [0.15, 0.2) is 10.1 Å². The van der Waals surface area contributed by atoms with E-state index >= 15 is 0 Å². The molecule has 0 aliphatic heterocycles.